The molecule has 1 aromatic heterocycles. The van der Waals surface area contributed by atoms with Gasteiger partial charge in [-0.15, -0.1) is 0 Å². The van der Waals surface area contributed by atoms with Gasteiger partial charge in [0.2, 0.25) is 5.91 Å². The molecule has 1 saturated heterocycles. The monoisotopic (exact) mass is 320 g/mol. The number of hydrogen-bond donors (Lipinski definition) is 1. The number of anilines is 2. The second kappa shape index (κ2) is 7.14. The van der Waals surface area contributed by atoms with Crippen molar-refractivity contribution in [3.8, 4) is 6.07 Å². The molecule has 0 unspecified atom stereocenters. The number of pyridine rings is 1. The molecule has 2 aromatic rings. The molecule has 1 amide bonds. The van der Waals surface area contributed by atoms with E-state index in [1.807, 2.05) is 37.3 Å². The summed E-state index contributed by atoms with van der Waals surface area (Å²) in [5, 5.41) is 11.8. The van der Waals surface area contributed by atoms with Gasteiger partial charge in [-0.3, -0.25) is 4.79 Å². The van der Waals surface area contributed by atoms with Crippen LogP contribution in [0.2, 0.25) is 0 Å². The van der Waals surface area contributed by atoms with Crippen molar-refractivity contribution in [3.63, 3.8) is 0 Å². The summed E-state index contributed by atoms with van der Waals surface area (Å²) in [7, 11) is 0. The number of benzene rings is 1. The molecule has 1 fully saturated rings. The van der Waals surface area contributed by atoms with Gasteiger partial charge in [-0.1, -0.05) is 17.7 Å². The quantitative estimate of drug-likeness (QED) is 0.943. The maximum absolute atomic E-state index is 12.4. The van der Waals surface area contributed by atoms with Crippen molar-refractivity contribution in [2.24, 2.45) is 5.92 Å². The van der Waals surface area contributed by atoms with E-state index in [1.165, 1.54) is 5.56 Å². The van der Waals surface area contributed by atoms with Crippen molar-refractivity contribution in [1.82, 2.24) is 4.98 Å². The Balaban J connectivity index is 1.55. The topological polar surface area (TPSA) is 69.0 Å². The minimum Gasteiger partial charge on any atom is -0.357 e. The highest BCUT2D eigenvalue weighted by atomic mass is 16.1. The van der Waals surface area contributed by atoms with E-state index in [-0.39, 0.29) is 11.8 Å². The number of carbonyl (C=O) groups is 1. The zero-order valence-corrected chi connectivity index (χ0v) is 13.7. The third kappa shape index (κ3) is 3.72. The number of nitrogens with zero attached hydrogens (tertiary/aromatic N) is 3. The van der Waals surface area contributed by atoms with Crippen molar-refractivity contribution in [1.29, 1.82) is 5.26 Å². The number of aromatic nitrogens is 1. The fourth-order valence-corrected chi connectivity index (χ4v) is 2.89. The molecule has 0 aliphatic carbocycles. The maximum Gasteiger partial charge on any atom is 0.227 e. The van der Waals surface area contributed by atoms with E-state index in [9.17, 15) is 4.79 Å². The van der Waals surface area contributed by atoms with E-state index >= 15 is 0 Å². The van der Waals surface area contributed by atoms with Crippen molar-refractivity contribution in [3.05, 3.63) is 53.7 Å². The van der Waals surface area contributed by atoms with Crippen molar-refractivity contribution >= 4 is 17.4 Å². The lowest BCUT2D eigenvalue weighted by molar-refractivity contribution is -0.120. The third-order valence-corrected chi connectivity index (χ3v) is 4.39. The van der Waals surface area contributed by atoms with Crippen LogP contribution in [0.3, 0.4) is 0 Å². The Labute approximate surface area is 141 Å². The summed E-state index contributed by atoms with van der Waals surface area (Å²) in [5.41, 5.74) is 2.59. The number of piperidine rings is 1. The minimum atomic E-state index is 0.0286. The second-order valence-electron chi connectivity index (χ2n) is 6.13. The van der Waals surface area contributed by atoms with E-state index < -0.39 is 0 Å². The first-order chi connectivity index (χ1) is 11.7. The van der Waals surface area contributed by atoms with Crippen LogP contribution in [0.5, 0.6) is 0 Å². The van der Waals surface area contributed by atoms with E-state index in [0.29, 0.717) is 5.56 Å². The number of nitrogens with one attached hydrogen (secondary N) is 1. The van der Waals surface area contributed by atoms with Crippen LogP contribution in [0.4, 0.5) is 11.5 Å². The van der Waals surface area contributed by atoms with Crippen LogP contribution in [0.25, 0.3) is 0 Å². The lowest BCUT2D eigenvalue weighted by Crippen LogP contribution is -2.38. The molecule has 1 aromatic carbocycles. The summed E-state index contributed by atoms with van der Waals surface area (Å²) in [6.07, 6.45) is 3.20. The smallest absolute Gasteiger partial charge is 0.227 e. The fraction of sp³-hybridized carbons (Fsp3) is 0.316. The third-order valence-electron chi connectivity index (χ3n) is 4.39. The van der Waals surface area contributed by atoms with Gasteiger partial charge >= 0.3 is 0 Å². The standard InChI is InChI=1S/C19H20N4O/c1-14-2-5-17(6-3-14)22-19(24)16-8-10-23(11-9-16)18-7-4-15(12-20)13-21-18/h2-7,13,16H,8-11H2,1H3,(H,22,24). The zero-order valence-electron chi connectivity index (χ0n) is 13.7. The summed E-state index contributed by atoms with van der Waals surface area (Å²) in [4.78, 5) is 18.9. The molecule has 0 bridgehead atoms. The van der Waals surface area contributed by atoms with Crippen molar-refractivity contribution < 1.29 is 4.79 Å². The van der Waals surface area contributed by atoms with Gasteiger partial charge in [-0.05, 0) is 44.0 Å². The summed E-state index contributed by atoms with van der Waals surface area (Å²) >= 11 is 0. The Hall–Kier alpha value is -2.87. The summed E-state index contributed by atoms with van der Waals surface area (Å²) < 4.78 is 0. The first-order valence-electron chi connectivity index (χ1n) is 8.14. The molecular formula is C19H20N4O. The number of hydrogen-bond acceptors (Lipinski definition) is 4. The van der Waals surface area contributed by atoms with Crippen LogP contribution in [-0.4, -0.2) is 24.0 Å². The molecule has 1 aliphatic rings. The number of nitriles is 1. The molecule has 0 saturated carbocycles. The molecule has 0 spiro atoms. The molecule has 0 radical (unpaired) electrons. The molecule has 24 heavy (non-hydrogen) atoms. The summed E-state index contributed by atoms with van der Waals surface area (Å²) in [6.45, 7) is 3.62. The summed E-state index contributed by atoms with van der Waals surface area (Å²) in [5.74, 6) is 0.985. The fourth-order valence-electron chi connectivity index (χ4n) is 2.89. The Bertz CT molecular complexity index is 738. The Kier molecular flexibility index (Phi) is 4.76. The molecule has 5 nitrogen and oxygen atoms in total. The zero-order chi connectivity index (χ0) is 16.9. The highest BCUT2D eigenvalue weighted by Gasteiger charge is 2.25. The second-order valence-corrected chi connectivity index (χ2v) is 6.13. The molecular weight excluding hydrogens is 300 g/mol. The molecule has 3 rings (SSSR count). The molecule has 1 N–H and O–H groups in total. The van der Waals surface area contributed by atoms with E-state index in [2.05, 4.69) is 21.3 Å². The number of rotatable bonds is 3. The largest absolute Gasteiger partial charge is 0.357 e. The lowest BCUT2D eigenvalue weighted by Gasteiger charge is -2.32. The van der Waals surface area contributed by atoms with Gasteiger partial charge in [0.25, 0.3) is 0 Å². The predicted octanol–water partition coefficient (Wildman–Crippen LogP) is 3.12. The number of amides is 1. The van der Waals surface area contributed by atoms with Crippen LogP contribution in [-0.2, 0) is 4.79 Å². The Morgan fingerprint density at radius 1 is 1.21 bits per heavy atom. The first kappa shape index (κ1) is 16.0. The van der Waals surface area contributed by atoms with Gasteiger partial charge in [-0.25, -0.2) is 4.98 Å². The molecule has 5 heteroatoms. The van der Waals surface area contributed by atoms with Crippen molar-refractivity contribution in [2.45, 2.75) is 19.8 Å². The first-order valence-corrected chi connectivity index (χ1v) is 8.14. The van der Waals surface area contributed by atoms with Gasteiger partial charge in [-0.2, -0.15) is 5.26 Å². The highest BCUT2D eigenvalue weighted by molar-refractivity contribution is 5.92. The maximum atomic E-state index is 12.4. The van der Waals surface area contributed by atoms with Crippen LogP contribution in [0.15, 0.2) is 42.6 Å². The average molecular weight is 320 g/mol. The normalized spacial score (nSPS) is 14.9. The van der Waals surface area contributed by atoms with Crippen molar-refractivity contribution in [2.75, 3.05) is 23.3 Å². The average Bonchev–Trinajstić information content (AvgIpc) is 2.64. The predicted molar refractivity (Wildman–Crippen MR) is 93.7 cm³/mol. The molecule has 1 aliphatic heterocycles. The van der Waals surface area contributed by atoms with Gasteiger partial charge < -0.3 is 10.2 Å². The van der Waals surface area contributed by atoms with E-state index in [0.717, 1.165) is 37.4 Å². The van der Waals surface area contributed by atoms with Crippen LogP contribution >= 0.6 is 0 Å². The number of carbonyl (C=O) groups excluding carboxylic acids is 1. The number of aryl methyl sites for hydroxylation is 1. The van der Waals surface area contributed by atoms with Crippen LogP contribution in [0, 0.1) is 24.2 Å². The van der Waals surface area contributed by atoms with Crippen LogP contribution < -0.4 is 10.2 Å². The lowest BCUT2D eigenvalue weighted by atomic mass is 9.95. The molecule has 0 atom stereocenters. The Morgan fingerprint density at radius 2 is 1.92 bits per heavy atom. The molecule has 122 valence electrons. The summed E-state index contributed by atoms with van der Waals surface area (Å²) in [6, 6.07) is 13.6. The van der Waals surface area contributed by atoms with E-state index in [1.54, 1.807) is 12.3 Å². The van der Waals surface area contributed by atoms with Gasteiger partial charge in [0.1, 0.15) is 11.9 Å². The van der Waals surface area contributed by atoms with Gasteiger partial charge in [0, 0.05) is 30.9 Å². The van der Waals surface area contributed by atoms with Gasteiger partial charge in [0.05, 0.1) is 5.56 Å². The SMILES string of the molecule is Cc1ccc(NC(=O)C2CCN(c3ccc(C#N)cn3)CC2)cc1. The Morgan fingerprint density at radius 3 is 2.50 bits per heavy atom. The van der Waals surface area contributed by atoms with Crippen LogP contribution in [0.1, 0.15) is 24.0 Å². The van der Waals surface area contributed by atoms with E-state index in [4.69, 9.17) is 5.26 Å². The highest BCUT2D eigenvalue weighted by Crippen LogP contribution is 2.23. The minimum absolute atomic E-state index is 0.0286. The van der Waals surface area contributed by atoms with Gasteiger partial charge in [0.15, 0.2) is 0 Å². The molecule has 2 heterocycles.